The minimum atomic E-state index is -1.05. The van der Waals surface area contributed by atoms with Crippen molar-refractivity contribution in [1.29, 1.82) is 0 Å². The molecule has 2 aromatic carbocycles. The van der Waals surface area contributed by atoms with Gasteiger partial charge in [-0.25, -0.2) is 9.69 Å². The van der Waals surface area contributed by atoms with Crippen molar-refractivity contribution in [3.05, 3.63) is 71.8 Å². The van der Waals surface area contributed by atoms with Gasteiger partial charge in [0.2, 0.25) is 11.8 Å². The van der Waals surface area contributed by atoms with Crippen LogP contribution in [0.25, 0.3) is 0 Å². The fraction of sp³-hybridized carbons (Fsp3) is 0.231. The predicted octanol–water partition coefficient (Wildman–Crippen LogP) is 2.00. The second-order valence-corrected chi connectivity index (χ2v) is 8.52. The molecule has 0 N–H and O–H groups in total. The Morgan fingerprint density at radius 1 is 0.944 bits per heavy atom. The van der Waals surface area contributed by atoms with Crippen molar-refractivity contribution in [3.63, 3.8) is 0 Å². The highest BCUT2D eigenvalue weighted by atomic mass is 16.5. The molecule has 0 aromatic heterocycles. The molecule has 5 rings (SSSR count). The first kappa shape index (κ1) is 23.2. The highest BCUT2D eigenvalue weighted by Crippen LogP contribution is 2.46. The molecule has 4 atom stereocenters. The number of methoxy groups -OCH3 is 1. The Balaban J connectivity index is 1.54. The molecule has 0 aliphatic carbocycles. The molecule has 182 valence electrons. The van der Waals surface area contributed by atoms with E-state index in [1.54, 1.807) is 24.3 Å². The van der Waals surface area contributed by atoms with Gasteiger partial charge < -0.3 is 9.47 Å². The van der Waals surface area contributed by atoms with Gasteiger partial charge in [-0.3, -0.25) is 24.2 Å². The number of allylic oxidation sites excluding steroid dienone is 1. The number of ketones is 1. The van der Waals surface area contributed by atoms with Crippen molar-refractivity contribution in [2.45, 2.75) is 19.0 Å². The van der Waals surface area contributed by atoms with Crippen molar-refractivity contribution in [3.8, 4) is 5.75 Å². The summed E-state index contributed by atoms with van der Waals surface area (Å²) in [6.07, 6.45) is 4.91. The molecule has 36 heavy (non-hydrogen) atoms. The molecule has 2 amide bonds. The number of hydrogen-bond acceptors (Lipinski definition) is 9. The second-order valence-electron chi connectivity index (χ2n) is 8.52. The number of ether oxygens (including phenoxy) is 2. The monoisotopic (exact) mass is 487 g/mol. The standard InChI is InChI=1S/C26H21N3O7/c1-14(30)36-16-11-9-15(10-12-16)23(31)22-21-20(19-8-5-13-27-29(19)22)24(32)28(25(21)33)18-7-4-3-6-17(18)26(34)35-2/h3-13,19-22H,1-2H3/t19-,20+,21+,22+/m1/s1. The molecule has 0 bridgehead atoms. The van der Waals surface area contributed by atoms with Crippen molar-refractivity contribution < 1.29 is 33.4 Å². The minimum absolute atomic E-state index is 0.0691. The number of carbonyl (C=O) groups excluding carboxylic acids is 5. The molecular weight excluding hydrogens is 466 g/mol. The van der Waals surface area contributed by atoms with Crippen LogP contribution in [-0.2, 0) is 19.1 Å². The SMILES string of the molecule is COC(=O)c1ccccc1N1C(=O)[C@@H]2[C@H](C1=O)[C@@H](C(=O)c1ccc(OC(C)=O)cc1)N1N=CC=C[C@H]21. The Kier molecular flexibility index (Phi) is 5.71. The summed E-state index contributed by atoms with van der Waals surface area (Å²) in [5, 5.41) is 5.82. The van der Waals surface area contributed by atoms with Crippen molar-refractivity contribution in [1.82, 2.24) is 5.01 Å². The number of hydrazone groups is 1. The van der Waals surface area contributed by atoms with E-state index in [0.717, 1.165) is 4.90 Å². The zero-order chi connectivity index (χ0) is 25.6. The number of para-hydroxylation sites is 1. The fourth-order valence-electron chi connectivity index (χ4n) is 5.05. The number of carbonyl (C=O) groups is 5. The van der Waals surface area contributed by atoms with Crippen LogP contribution in [0.5, 0.6) is 5.75 Å². The molecule has 3 aliphatic heterocycles. The number of Topliss-reactive ketones (excluding diaryl/α,β-unsaturated/α-hetero) is 1. The van der Waals surface area contributed by atoms with E-state index >= 15 is 0 Å². The quantitative estimate of drug-likeness (QED) is 0.272. The molecule has 0 spiro atoms. The largest absolute Gasteiger partial charge is 0.465 e. The van der Waals surface area contributed by atoms with Gasteiger partial charge in [-0.1, -0.05) is 18.2 Å². The Morgan fingerprint density at radius 2 is 1.64 bits per heavy atom. The van der Waals surface area contributed by atoms with E-state index in [2.05, 4.69) is 5.10 Å². The third kappa shape index (κ3) is 3.58. The van der Waals surface area contributed by atoms with E-state index in [0.29, 0.717) is 0 Å². The zero-order valence-electron chi connectivity index (χ0n) is 19.4. The Morgan fingerprint density at radius 3 is 2.33 bits per heavy atom. The summed E-state index contributed by atoms with van der Waals surface area (Å²) in [5.74, 6) is -4.30. The number of amides is 2. The van der Waals surface area contributed by atoms with E-state index in [1.165, 1.54) is 61.7 Å². The lowest BCUT2D eigenvalue weighted by atomic mass is 9.86. The molecule has 3 aliphatic rings. The lowest BCUT2D eigenvalue weighted by Crippen LogP contribution is -2.46. The molecule has 10 heteroatoms. The van der Waals surface area contributed by atoms with Crippen LogP contribution >= 0.6 is 0 Å². The van der Waals surface area contributed by atoms with Crippen LogP contribution < -0.4 is 9.64 Å². The molecule has 2 saturated heterocycles. The number of nitrogens with zero attached hydrogens (tertiary/aromatic N) is 3. The Hall–Kier alpha value is -4.60. The van der Waals surface area contributed by atoms with E-state index in [1.807, 2.05) is 0 Å². The van der Waals surface area contributed by atoms with Crippen LogP contribution in [0.1, 0.15) is 27.6 Å². The topological polar surface area (TPSA) is 123 Å². The molecule has 3 heterocycles. The predicted molar refractivity (Wildman–Crippen MR) is 126 cm³/mol. The molecule has 2 fully saturated rings. The number of fused-ring (bicyclic) bond motifs is 3. The van der Waals surface area contributed by atoms with Gasteiger partial charge in [-0.05, 0) is 42.5 Å². The van der Waals surface area contributed by atoms with Gasteiger partial charge in [0.15, 0.2) is 5.78 Å². The van der Waals surface area contributed by atoms with E-state index in [4.69, 9.17) is 9.47 Å². The van der Waals surface area contributed by atoms with Gasteiger partial charge in [0, 0.05) is 18.7 Å². The van der Waals surface area contributed by atoms with Crippen LogP contribution in [0.2, 0.25) is 0 Å². The molecule has 0 radical (unpaired) electrons. The summed E-state index contributed by atoms with van der Waals surface area (Å²) < 4.78 is 9.85. The molecule has 10 nitrogen and oxygen atoms in total. The van der Waals surface area contributed by atoms with Crippen molar-refractivity contribution in [2.24, 2.45) is 16.9 Å². The van der Waals surface area contributed by atoms with Gasteiger partial charge in [0.1, 0.15) is 11.8 Å². The highest BCUT2D eigenvalue weighted by Gasteiger charge is 2.64. The van der Waals surface area contributed by atoms with Crippen molar-refractivity contribution in [2.75, 3.05) is 12.0 Å². The summed E-state index contributed by atoms with van der Waals surface area (Å²) in [6.45, 7) is 1.27. The van der Waals surface area contributed by atoms with Crippen LogP contribution in [0.3, 0.4) is 0 Å². The fourth-order valence-corrected chi connectivity index (χ4v) is 5.05. The Labute approximate surface area is 205 Å². The minimum Gasteiger partial charge on any atom is -0.465 e. The van der Waals surface area contributed by atoms with E-state index in [-0.39, 0.29) is 22.6 Å². The second kappa shape index (κ2) is 8.88. The first-order valence-corrected chi connectivity index (χ1v) is 11.2. The third-order valence-electron chi connectivity index (χ3n) is 6.51. The number of rotatable bonds is 5. The summed E-state index contributed by atoms with van der Waals surface area (Å²) in [4.78, 5) is 65.6. The van der Waals surface area contributed by atoms with Crippen molar-refractivity contribution >= 4 is 41.4 Å². The third-order valence-corrected chi connectivity index (χ3v) is 6.51. The van der Waals surface area contributed by atoms with Gasteiger partial charge in [0.05, 0.1) is 36.2 Å². The molecule has 0 unspecified atom stereocenters. The average Bonchev–Trinajstić information content (AvgIpc) is 3.35. The maximum atomic E-state index is 13.8. The van der Waals surface area contributed by atoms with Gasteiger partial charge in [-0.2, -0.15) is 5.10 Å². The number of esters is 2. The summed E-state index contributed by atoms with van der Waals surface area (Å²) in [5.41, 5.74) is 0.453. The maximum absolute atomic E-state index is 13.8. The van der Waals surface area contributed by atoms with E-state index in [9.17, 15) is 24.0 Å². The lowest BCUT2D eigenvalue weighted by molar-refractivity contribution is -0.132. The summed E-state index contributed by atoms with van der Waals surface area (Å²) in [7, 11) is 1.21. The number of benzene rings is 2. The summed E-state index contributed by atoms with van der Waals surface area (Å²) in [6, 6.07) is 10.5. The van der Waals surface area contributed by atoms with Gasteiger partial charge >= 0.3 is 11.9 Å². The molecule has 2 aromatic rings. The van der Waals surface area contributed by atoms with Crippen LogP contribution in [0, 0.1) is 11.8 Å². The molecule has 0 saturated carbocycles. The highest BCUT2D eigenvalue weighted by molar-refractivity contribution is 6.26. The lowest BCUT2D eigenvalue weighted by Gasteiger charge is -2.30. The van der Waals surface area contributed by atoms with Gasteiger partial charge in [0.25, 0.3) is 0 Å². The normalized spacial score (nSPS) is 23.9. The summed E-state index contributed by atoms with van der Waals surface area (Å²) >= 11 is 0. The number of hydrogen-bond donors (Lipinski definition) is 0. The first-order chi connectivity index (χ1) is 17.3. The zero-order valence-corrected chi connectivity index (χ0v) is 19.4. The maximum Gasteiger partial charge on any atom is 0.339 e. The van der Waals surface area contributed by atoms with Crippen LogP contribution in [-0.4, -0.2) is 60.0 Å². The smallest absolute Gasteiger partial charge is 0.339 e. The van der Waals surface area contributed by atoms with Crippen LogP contribution in [0.4, 0.5) is 5.69 Å². The number of imide groups is 1. The van der Waals surface area contributed by atoms with E-state index < -0.39 is 53.5 Å². The van der Waals surface area contributed by atoms with Gasteiger partial charge in [-0.15, -0.1) is 0 Å². The number of anilines is 1. The first-order valence-electron chi connectivity index (χ1n) is 11.2. The Bertz CT molecular complexity index is 1350. The average molecular weight is 487 g/mol. The molecular formula is C26H21N3O7. The van der Waals surface area contributed by atoms with Crippen LogP contribution in [0.15, 0.2) is 65.8 Å².